The zero-order valence-corrected chi connectivity index (χ0v) is 11.5. The van der Waals surface area contributed by atoms with E-state index < -0.39 is 0 Å². The van der Waals surface area contributed by atoms with Gasteiger partial charge in [0.15, 0.2) is 0 Å². The van der Waals surface area contributed by atoms with Crippen LogP contribution in [0.4, 0.5) is 0 Å². The summed E-state index contributed by atoms with van der Waals surface area (Å²) in [5, 5.41) is 0.681. The molecule has 1 unspecified atom stereocenters. The molecule has 90 valence electrons. The second-order valence-electron chi connectivity index (χ2n) is 3.50. The van der Waals surface area contributed by atoms with Crippen LogP contribution in [0, 0.1) is 0 Å². The Kier molecular flexibility index (Phi) is 6.31. The molecule has 0 amide bonds. The smallest absolute Gasteiger partial charge is 0.0694 e. The van der Waals surface area contributed by atoms with Crippen molar-refractivity contribution in [2.45, 2.75) is 19.4 Å². The Hall–Kier alpha value is -0.130. The standard InChI is InChI=1S/C11H16BrClN2O/c1-2-3-16-7-11(15-14)8-4-9(12)6-10(13)5-8/h4-6,11,15H,2-3,7,14H2,1H3. The van der Waals surface area contributed by atoms with Crippen molar-refractivity contribution in [3.05, 3.63) is 33.3 Å². The molecule has 1 rings (SSSR count). The van der Waals surface area contributed by atoms with E-state index in [9.17, 15) is 0 Å². The van der Waals surface area contributed by atoms with Crippen LogP contribution >= 0.6 is 27.5 Å². The van der Waals surface area contributed by atoms with E-state index in [2.05, 4.69) is 28.3 Å². The first kappa shape index (κ1) is 13.9. The molecule has 3 nitrogen and oxygen atoms in total. The van der Waals surface area contributed by atoms with Crippen molar-refractivity contribution in [2.24, 2.45) is 5.84 Å². The van der Waals surface area contributed by atoms with Crippen LogP contribution in [0.25, 0.3) is 0 Å². The summed E-state index contributed by atoms with van der Waals surface area (Å²) >= 11 is 9.37. The number of halogens is 2. The highest BCUT2D eigenvalue weighted by molar-refractivity contribution is 9.10. The van der Waals surface area contributed by atoms with Crippen molar-refractivity contribution in [3.63, 3.8) is 0 Å². The van der Waals surface area contributed by atoms with Crippen molar-refractivity contribution in [2.75, 3.05) is 13.2 Å². The van der Waals surface area contributed by atoms with E-state index in [0.717, 1.165) is 23.1 Å². The first-order valence-electron chi connectivity index (χ1n) is 5.17. The number of rotatable bonds is 6. The Morgan fingerprint density at radius 1 is 1.50 bits per heavy atom. The predicted molar refractivity (Wildman–Crippen MR) is 70.3 cm³/mol. The van der Waals surface area contributed by atoms with Crippen LogP contribution in [0.15, 0.2) is 22.7 Å². The highest BCUT2D eigenvalue weighted by Gasteiger charge is 2.11. The molecule has 0 aliphatic carbocycles. The Bertz CT molecular complexity index is 316. The van der Waals surface area contributed by atoms with E-state index in [1.54, 1.807) is 0 Å². The van der Waals surface area contributed by atoms with Gasteiger partial charge in [0.1, 0.15) is 0 Å². The minimum atomic E-state index is -0.0402. The van der Waals surface area contributed by atoms with Crippen molar-refractivity contribution in [1.82, 2.24) is 5.43 Å². The minimum absolute atomic E-state index is 0.0402. The van der Waals surface area contributed by atoms with E-state index >= 15 is 0 Å². The highest BCUT2D eigenvalue weighted by Crippen LogP contribution is 2.23. The molecule has 1 atom stereocenters. The first-order valence-corrected chi connectivity index (χ1v) is 6.34. The Morgan fingerprint density at radius 3 is 2.81 bits per heavy atom. The molecule has 1 aromatic carbocycles. The maximum atomic E-state index is 5.97. The maximum Gasteiger partial charge on any atom is 0.0694 e. The summed E-state index contributed by atoms with van der Waals surface area (Å²) in [5.41, 5.74) is 3.74. The van der Waals surface area contributed by atoms with Gasteiger partial charge in [0.05, 0.1) is 12.6 Å². The third kappa shape index (κ3) is 4.39. The van der Waals surface area contributed by atoms with Gasteiger partial charge in [-0.3, -0.25) is 11.3 Å². The van der Waals surface area contributed by atoms with Crippen LogP contribution in [0.2, 0.25) is 5.02 Å². The van der Waals surface area contributed by atoms with Crippen LogP contribution in [-0.2, 0) is 4.74 Å². The lowest BCUT2D eigenvalue weighted by Crippen LogP contribution is -2.31. The zero-order chi connectivity index (χ0) is 12.0. The lowest BCUT2D eigenvalue weighted by molar-refractivity contribution is 0.112. The molecule has 0 heterocycles. The fraction of sp³-hybridized carbons (Fsp3) is 0.455. The summed E-state index contributed by atoms with van der Waals surface area (Å²) in [6.07, 6.45) is 0.997. The van der Waals surface area contributed by atoms with Gasteiger partial charge in [0.2, 0.25) is 0 Å². The Balaban J connectivity index is 2.70. The normalized spacial score (nSPS) is 12.8. The number of hydrogen-bond acceptors (Lipinski definition) is 3. The molecule has 0 bridgehead atoms. The van der Waals surface area contributed by atoms with E-state index in [1.165, 1.54) is 0 Å². The fourth-order valence-corrected chi connectivity index (χ4v) is 2.25. The summed E-state index contributed by atoms with van der Waals surface area (Å²) in [7, 11) is 0. The molecular formula is C11H16BrClN2O. The van der Waals surface area contributed by atoms with Crippen LogP contribution < -0.4 is 11.3 Å². The summed E-state index contributed by atoms with van der Waals surface area (Å²) in [6, 6.07) is 5.66. The molecule has 0 aliphatic rings. The number of hydrazine groups is 1. The van der Waals surface area contributed by atoms with Gasteiger partial charge in [-0.25, -0.2) is 0 Å². The summed E-state index contributed by atoms with van der Waals surface area (Å²) in [6.45, 7) is 3.35. The highest BCUT2D eigenvalue weighted by atomic mass is 79.9. The lowest BCUT2D eigenvalue weighted by Gasteiger charge is -2.17. The van der Waals surface area contributed by atoms with E-state index in [4.69, 9.17) is 22.2 Å². The molecule has 0 saturated heterocycles. The number of ether oxygens (including phenoxy) is 1. The quantitative estimate of drug-likeness (QED) is 0.482. The molecule has 5 heteroatoms. The monoisotopic (exact) mass is 306 g/mol. The topological polar surface area (TPSA) is 47.3 Å². The second-order valence-corrected chi connectivity index (χ2v) is 4.85. The van der Waals surface area contributed by atoms with Gasteiger partial charge in [-0.1, -0.05) is 34.5 Å². The number of benzene rings is 1. The average Bonchev–Trinajstić information content (AvgIpc) is 2.23. The molecule has 3 N–H and O–H groups in total. The molecule has 0 fully saturated rings. The van der Waals surface area contributed by atoms with Crippen LogP contribution in [-0.4, -0.2) is 13.2 Å². The predicted octanol–water partition coefficient (Wildman–Crippen LogP) is 3.03. The number of nitrogens with two attached hydrogens (primary N) is 1. The van der Waals surface area contributed by atoms with Gasteiger partial charge >= 0.3 is 0 Å². The fourth-order valence-electron chi connectivity index (χ4n) is 1.36. The first-order chi connectivity index (χ1) is 7.67. The van der Waals surface area contributed by atoms with Gasteiger partial charge in [-0.2, -0.15) is 0 Å². The zero-order valence-electron chi connectivity index (χ0n) is 9.17. The van der Waals surface area contributed by atoms with E-state index in [-0.39, 0.29) is 6.04 Å². The van der Waals surface area contributed by atoms with E-state index in [1.807, 2.05) is 18.2 Å². The Labute approximate surface area is 109 Å². The minimum Gasteiger partial charge on any atom is -0.379 e. The lowest BCUT2D eigenvalue weighted by atomic mass is 10.1. The molecule has 0 saturated carbocycles. The molecule has 0 spiro atoms. The summed E-state index contributed by atoms with van der Waals surface area (Å²) in [5.74, 6) is 5.50. The summed E-state index contributed by atoms with van der Waals surface area (Å²) in [4.78, 5) is 0. The molecule has 0 aliphatic heterocycles. The molecular weight excluding hydrogens is 291 g/mol. The van der Waals surface area contributed by atoms with Crippen LogP contribution in [0.1, 0.15) is 24.9 Å². The van der Waals surface area contributed by atoms with Crippen molar-refractivity contribution in [1.29, 1.82) is 0 Å². The second kappa shape index (κ2) is 7.25. The molecule has 0 radical (unpaired) electrons. The van der Waals surface area contributed by atoms with Gasteiger partial charge < -0.3 is 4.74 Å². The summed E-state index contributed by atoms with van der Waals surface area (Å²) < 4.78 is 6.40. The van der Waals surface area contributed by atoms with Gasteiger partial charge in [0, 0.05) is 16.1 Å². The van der Waals surface area contributed by atoms with Gasteiger partial charge in [-0.05, 0) is 30.2 Å². The van der Waals surface area contributed by atoms with Crippen LogP contribution in [0.5, 0.6) is 0 Å². The van der Waals surface area contributed by atoms with Gasteiger partial charge in [-0.15, -0.1) is 0 Å². The molecule has 16 heavy (non-hydrogen) atoms. The molecule has 0 aromatic heterocycles. The van der Waals surface area contributed by atoms with Crippen molar-refractivity contribution >= 4 is 27.5 Å². The SMILES string of the molecule is CCCOCC(NN)c1cc(Cl)cc(Br)c1. The number of hydrogen-bond donors (Lipinski definition) is 2. The molecule has 1 aromatic rings. The Morgan fingerprint density at radius 2 is 2.25 bits per heavy atom. The number of nitrogens with one attached hydrogen (secondary N) is 1. The third-order valence-corrected chi connectivity index (χ3v) is 2.80. The van der Waals surface area contributed by atoms with Crippen LogP contribution in [0.3, 0.4) is 0 Å². The van der Waals surface area contributed by atoms with Gasteiger partial charge in [0.25, 0.3) is 0 Å². The van der Waals surface area contributed by atoms with Crippen molar-refractivity contribution in [3.8, 4) is 0 Å². The maximum absolute atomic E-state index is 5.97. The van der Waals surface area contributed by atoms with Crippen molar-refractivity contribution < 1.29 is 4.74 Å². The third-order valence-electron chi connectivity index (χ3n) is 2.12. The van der Waals surface area contributed by atoms with E-state index in [0.29, 0.717) is 11.6 Å². The average molecular weight is 308 g/mol. The largest absolute Gasteiger partial charge is 0.379 e.